The second kappa shape index (κ2) is 4.81. The average molecular weight is 313 g/mol. The van der Waals surface area contributed by atoms with Crippen molar-refractivity contribution >= 4 is 23.7 Å². The van der Waals surface area contributed by atoms with Crippen molar-refractivity contribution in [1.82, 2.24) is 4.90 Å². The van der Waals surface area contributed by atoms with E-state index in [2.05, 4.69) is 0 Å². The van der Waals surface area contributed by atoms with Crippen LogP contribution in [0.1, 0.15) is 11.5 Å². The second-order valence-corrected chi connectivity index (χ2v) is 5.20. The number of nitrogens with two attached hydrogens (primary N) is 1. The molecule has 5 N–H and O–H groups in total. The third kappa shape index (κ3) is 1.92. The Bertz CT molecular complexity index is 812. The molecule has 0 radical (unpaired) electrons. The van der Waals surface area contributed by atoms with Crippen molar-refractivity contribution in [2.45, 2.75) is 5.92 Å². The average Bonchev–Trinajstić information content (AvgIpc) is 2.46. The molecule has 2 heterocycles. The molecular formula is C14H11N5O4. The van der Waals surface area contributed by atoms with E-state index in [-0.39, 0.29) is 11.5 Å². The van der Waals surface area contributed by atoms with Gasteiger partial charge >= 0.3 is 6.03 Å². The molecule has 1 fully saturated rings. The maximum atomic E-state index is 12.3. The Balaban J connectivity index is 2.20. The highest BCUT2D eigenvalue weighted by molar-refractivity contribution is 6.20. The van der Waals surface area contributed by atoms with Crippen molar-refractivity contribution in [3.63, 3.8) is 0 Å². The first-order valence-electron chi connectivity index (χ1n) is 6.57. The number of hydrogen-bond acceptors (Lipinski definition) is 7. The zero-order valence-electron chi connectivity index (χ0n) is 11.6. The van der Waals surface area contributed by atoms with Crippen LogP contribution in [-0.4, -0.2) is 33.7 Å². The summed E-state index contributed by atoms with van der Waals surface area (Å²) >= 11 is 0. The van der Waals surface area contributed by atoms with Gasteiger partial charge in [0.15, 0.2) is 5.90 Å². The van der Waals surface area contributed by atoms with Crippen molar-refractivity contribution in [3.05, 3.63) is 23.8 Å². The highest BCUT2D eigenvalue weighted by Gasteiger charge is 2.54. The number of urea groups is 1. The van der Waals surface area contributed by atoms with Gasteiger partial charge in [0.1, 0.15) is 29.2 Å². The largest absolute Gasteiger partial charge is 0.508 e. The highest BCUT2D eigenvalue weighted by Crippen LogP contribution is 2.47. The maximum Gasteiger partial charge on any atom is 0.327 e. The van der Waals surface area contributed by atoms with Crippen LogP contribution in [0.4, 0.5) is 4.79 Å². The van der Waals surface area contributed by atoms with Gasteiger partial charge in [-0.1, -0.05) is 6.07 Å². The summed E-state index contributed by atoms with van der Waals surface area (Å²) in [5, 5.41) is 34.9. The predicted octanol–water partition coefficient (Wildman–Crippen LogP) is 0.500. The first-order chi connectivity index (χ1) is 10.9. The minimum absolute atomic E-state index is 0.0977. The van der Waals surface area contributed by atoms with E-state index in [0.29, 0.717) is 10.5 Å². The van der Waals surface area contributed by atoms with E-state index in [9.17, 15) is 20.0 Å². The number of nitrogens with zero attached hydrogens (tertiary/aromatic N) is 2. The van der Waals surface area contributed by atoms with E-state index < -0.39 is 41.4 Å². The Hall–Kier alpha value is -3.41. The summed E-state index contributed by atoms with van der Waals surface area (Å²) < 4.78 is 5.29. The lowest BCUT2D eigenvalue weighted by Gasteiger charge is -2.42. The summed E-state index contributed by atoms with van der Waals surface area (Å²) in [6.07, 6.45) is 0. The Labute approximate surface area is 129 Å². The standard InChI is InChI=1S/C14H11N5O4/c15-4-7-9-6-2-1-5(20)3-8(6)23-12(17)10(9)11(16)19(13(7)21)14(18)22/h1-3,7,9-10,16-17,20H,(H2,18,22). The molecule has 23 heavy (non-hydrogen) atoms. The first-order valence-corrected chi connectivity index (χ1v) is 6.57. The zero-order valence-corrected chi connectivity index (χ0v) is 11.6. The van der Waals surface area contributed by atoms with Gasteiger partial charge in [-0.25, -0.2) is 9.69 Å². The number of hydrogen-bond donors (Lipinski definition) is 4. The molecule has 0 aliphatic carbocycles. The third-order valence-corrected chi connectivity index (χ3v) is 3.96. The molecule has 9 nitrogen and oxygen atoms in total. The number of phenolic OH excluding ortho intramolecular Hbond substituents is 1. The Morgan fingerprint density at radius 2 is 2.13 bits per heavy atom. The number of likely N-dealkylation sites (tertiary alicyclic amines) is 1. The molecule has 0 aromatic heterocycles. The number of piperidine rings is 1. The van der Waals surface area contributed by atoms with Crippen molar-refractivity contribution in [2.75, 3.05) is 0 Å². The molecule has 3 amide bonds. The van der Waals surface area contributed by atoms with Gasteiger partial charge in [-0.2, -0.15) is 5.26 Å². The fourth-order valence-corrected chi connectivity index (χ4v) is 2.99. The summed E-state index contributed by atoms with van der Waals surface area (Å²) in [5.41, 5.74) is 5.53. The van der Waals surface area contributed by atoms with Gasteiger partial charge in [0, 0.05) is 17.5 Å². The van der Waals surface area contributed by atoms with Crippen molar-refractivity contribution < 1.29 is 19.4 Å². The molecule has 1 aromatic rings. The number of benzene rings is 1. The van der Waals surface area contributed by atoms with Crippen molar-refractivity contribution in [1.29, 1.82) is 16.1 Å². The van der Waals surface area contributed by atoms with Crippen LogP contribution in [0.15, 0.2) is 18.2 Å². The van der Waals surface area contributed by atoms with E-state index in [1.165, 1.54) is 18.2 Å². The van der Waals surface area contributed by atoms with Crippen LogP contribution in [0.5, 0.6) is 11.5 Å². The number of rotatable bonds is 0. The van der Waals surface area contributed by atoms with E-state index in [4.69, 9.17) is 21.3 Å². The molecule has 3 rings (SSSR count). The van der Waals surface area contributed by atoms with E-state index in [1.807, 2.05) is 6.07 Å². The fourth-order valence-electron chi connectivity index (χ4n) is 2.99. The molecule has 9 heteroatoms. The van der Waals surface area contributed by atoms with Crippen LogP contribution in [0.25, 0.3) is 0 Å². The molecule has 1 aromatic carbocycles. The summed E-state index contributed by atoms with van der Waals surface area (Å²) in [4.78, 5) is 24.2. The Morgan fingerprint density at radius 3 is 2.74 bits per heavy atom. The molecular weight excluding hydrogens is 302 g/mol. The maximum absolute atomic E-state index is 12.3. The van der Waals surface area contributed by atoms with Gasteiger partial charge < -0.3 is 15.6 Å². The lowest BCUT2D eigenvalue weighted by molar-refractivity contribution is -0.129. The minimum Gasteiger partial charge on any atom is -0.508 e. The summed E-state index contributed by atoms with van der Waals surface area (Å²) in [6.45, 7) is 0. The molecule has 0 spiro atoms. The van der Waals surface area contributed by atoms with Crippen LogP contribution in [0.3, 0.4) is 0 Å². The summed E-state index contributed by atoms with van der Waals surface area (Å²) in [7, 11) is 0. The first kappa shape index (κ1) is 14.5. The predicted molar refractivity (Wildman–Crippen MR) is 76.0 cm³/mol. The van der Waals surface area contributed by atoms with Crippen LogP contribution in [0, 0.1) is 34.0 Å². The number of carbonyl (C=O) groups excluding carboxylic acids is 2. The van der Waals surface area contributed by atoms with Crippen molar-refractivity contribution in [2.24, 2.45) is 17.6 Å². The number of aromatic hydroxyl groups is 1. The van der Waals surface area contributed by atoms with Gasteiger partial charge in [0.2, 0.25) is 0 Å². The lowest BCUT2D eigenvalue weighted by Crippen LogP contribution is -2.59. The smallest absolute Gasteiger partial charge is 0.327 e. The number of ether oxygens (including phenoxy) is 1. The number of primary amides is 1. The topological polar surface area (TPSA) is 164 Å². The van der Waals surface area contributed by atoms with E-state index >= 15 is 0 Å². The molecule has 2 aliphatic rings. The number of amidine groups is 1. The molecule has 0 saturated carbocycles. The number of phenols is 1. The highest BCUT2D eigenvalue weighted by atomic mass is 16.5. The van der Waals surface area contributed by atoms with Crippen molar-refractivity contribution in [3.8, 4) is 17.6 Å². The van der Waals surface area contributed by atoms with E-state index in [0.717, 1.165) is 0 Å². The SMILES string of the molecule is N#CC1C(=O)N(C(N)=O)C(=N)C2C(=N)Oc3cc(O)ccc3C12. The molecule has 116 valence electrons. The number of imide groups is 1. The Morgan fingerprint density at radius 1 is 1.43 bits per heavy atom. The fraction of sp³-hybridized carbons (Fsp3) is 0.214. The zero-order chi connectivity index (χ0) is 16.9. The lowest BCUT2D eigenvalue weighted by atomic mass is 9.71. The number of fused-ring (bicyclic) bond motifs is 3. The van der Waals surface area contributed by atoms with Gasteiger partial charge in [-0.3, -0.25) is 15.6 Å². The summed E-state index contributed by atoms with van der Waals surface area (Å²) in [6, 6.07) is 4.74. The Kier molecular flexibility index (Phi) is 3.04. The number of nitrogens with one attached hydrogen (secondary N) is 2. The third-order valence-electron chi connectivity index (χ3n) is 3.96. The monoisotopic (exact) mass is 313 g/mol. The number of nitriles is 1. The van der Waals surface area contributed by atoms with Crippen LogP contribution in [-0.2, 0) is 4.79 Å². The quantitative estimate of drug-likeness (QED) is 0.546. The number of carbonyl (C=O) groups is 2. The molecule has 3 atom stereocenters. The normalized spacial score (nSPS) is 26.0. The van der Waals surface area contributed by atoms with Gasteiger partial charge in [0.05, 0.1) is 6.07 Å². The van der Waals surface area contributed by atoms with Crippen LogP contribution < -0.4 is 10.5 Å². The van der Waals surface area contributed by atoms with E-state index in [1.54, 1.807) is 0 Å². The van der Waals surface area contributed by atoms with Gasteiger partial charge in [-0.05, 0) is 6.07 Å². The molecule has 2 aliphatic heterocycles. The van der Waals surface area contributed by atoms with Crippen LogP contribution >= 0.6 is 0 Å². The molecule has 1 saturated heterocycles. The minimum atomic E-state index is -1.30. The molecule has 0 bridgehead atoms. The molecule has 3 unspecified atom stereocenters. The summed E-state index contributed by atoms with van der Waals surface area (Å²) in [5.74, 6) is -4.98. The van der Waals surface area contributed by atoms with Gasteiger partial charge in [-0.15, -0.1) is 0 Å². The van der Waals surface area contributed by atoms with Crippen LogP contribution in [0.2, 0.25) is 0 Å². The van der Waals surface area contributed by atoms with Gasteiger partial charge in [0.25, 0.3) is 5.91 Å². The second-order valence-electron chi connectivity index (χ2n) is 5.20. The number of amides is 3.